The fourth-order valence-corrected chi connectivity index (χ4v) is 8.53. The van der Waals surface area contributed by atoms with Crippen LogP contribution < -0.4 is 0 Å². The van der Waals surface area contributed by atoms with Crippen molar-refractivity contribution >= 4 is 16.4 Å². The van der Waals surface area contributed by atoms with Crippen molar-refractivity contribution < 1.29 is 56.2 Å². The minimum Gasteiger partial charge on any atom is -0.457 e. The normalized spacial score (nSPS) is 19.9. The SMILES string of the molecule is CC/C=C\C/C=C\C/C=C\C/C=C\CCCCCCC(=O)OC(COCCCCCCCCCCCCCCCCCCCCCCCC)COC1OC(CO)C(O)C(OS(=O)(=O)O)C1O. The molecule has 0 bridgehead atoms. The number of esters is 1. The third-order valence-electron chi connectivity index (χ3n) is 12.0. The van der Waals surface area contributed by atoms with Crippen LogP contribution in [0.1, 0.15) is 219 Å². The van der Waals surface area contributed by atoms with Crippen LogP contribution in [0.25, 0.3) is 0 Å². The molecule has 1 aliphatic heterocycles. The van der Waals surface area contributed by atoms with Crippen molar-refractivity contribution in [1.82, 2.24) is 0 Å². The van der Waals surface area contributed by atoms with Crippen molar-refractivity contribution in [3.63, 3.8) is 0 Å². The monoisotopic (exact) mass is 957 g/mol. The molecule has 0 spiro atoms. The minimum absolute atomic E-state index is 0.0275. The van der Waals surface area contributed by atoms with Crippen LogP contribution >= 0.6 is 0 Å². The number of aliphatic hydroxyl groups excluding tert-OH is 3. The molecule has 1 saturated heterocycles. The lowest BCUT2D eigenvalue weighted by atomic mass is 9.99. The highest BCUT2D eigenvalue weighted by atomic mass is 32.3. The third-order valence-corrected chi connectivity index (χ3v) is 12.4. The largest absolute Gasteiger partial charge is 0.457 e. The van der Waals surface area contributed by atoms with Gasteiger partial charge >= 0.3 is 16.4 Å². The zero-order valence-corrected chi connectivity index (χ0v) is 42.3. The summed E-state index contributed by atoms with van der Waals surface area (Å²) in [6, 6.07) is 0. The van der Waals surface area contributed by atoms with Gasteiger partial charge in [0.15, 0.2) is 6.29 Å². The van der Waals surface area contributed by atoms with Gasteiger partial charge in [-0.15, -0.1) is 0 Å². The van der Waals surface area contributed by atoms with Crippen molar-refractivity contribution in [2.75, 3.05) is 26.4 Å². The van der Waals surface area contributed by atoms with Crippen molar-refractivity contribution in [1.29, 1.82) is 0 Å². The van der Waals surface area contributed by atoms with E-state index in [-0.39, 0.29) is 19.6 Å². The Hall–Kier alpha value is -1.94. The number of aliphatic hydroxyl groups is 3. The van der Waals surface area contributed by atoms with Gasteiger partial charge in [0, 0.05) is 13.0 Å². The van der Waals surface area contributed by atoms with E-state index in [4.69, 9.17) is 18.9 Å². The summed E-state index contributed by atoms with van der Waals surface area (Å²) in [6.45, 7) is 3.88. The summed E-state index contributed by atoms with van der Waals surface area (Å²) in [7, 11) is -5.07. The van der Waals surface area contributed by atoms with Crippen molar-refractivity contribution in [3.05, 3.63) is 48.6 Å². The molecule has 1 heterocycles. The number of allylic oxidation sites excluding steroid dienone is 8. The first-order chi connectivity index (χ1) is 32.1. The average Bonchev–Trinajstić information content (AvgIpc) is 3.29. The number of hydrogen-bond donors (Lipinski definition) is 4. The summed E-state index contributed by atoms with van der Waals surface area (Å²) in [5.74, 6) is -0.420. The summed E-state index contributed by atoms with van der Waals surface area (Å²) < 4.78 is 59.3. The van der Waals surface area contributed by atoms with Gasteiger partial charge in [-0.05, 0) is 51.4 Å². The van der Waals surface area contributed by atoms with E-state index in [1.807, 2.05) is 0 Å². The molecule has 0 aliphatic carbocycles. The highest BCUT2D eigenvalue weighted by Gasteiger charge is 2.48. The summed E-state index contributed by atoms with van der Waals surface area (Å²) in [6.07, 6.45) is 45.8. The van der Waals surface area contributed by atoms with Gasteiger partial charge in [0.05, 0.1) is 19.8 Å². The lowest BCUT2D eigenvalue weighted by Crippen LogP contribution is -2.60. The Balaban J connectivity index is 2.34. The zero-order chi connectivity index (χ0) is 48.2. The fourth-order valence-electron chi connectivity index (χ4n) is 8.02. The number of carbonyl (C=O) groups excluding carboxylic acids is 1. The molecule has 386 valence electrons. The van der Waals surface area contributed by atoms with Gasteiger partial charge < -0.3 is 34.3 Å². The molecule has 1 rings (SSSR count). The first kappa shape index (κ1) is 62.1. The molecule has 6 unspecified atom stereocenters. The maximum atomic E-state index is 12.9. The summed E-state index contributed by atoms with van der Waals surface area (Å²) in [5.41, 5.74) is 0. The quantitative estimate of drug-likeness (QED) is 0.0197. The van der Waals surface area contributed by atoms with Gasteiger partial charge in [0.1, 0.15) is 30.5 Å². The molecule has 0 aromatic heterocycles. The number of rotatable bonds is 46. The Bertz CT molecular complexity index is 1340. The minimum atomic E-state index is -5.07. The first-order valence-corrected chi connectivity index (χ1v) is 27.8. The van der Waals surface area contributed by atoms with Gasteiger partial charge in [0.2, 0.25) is 0 Å². The molecule has 4 N–H and O–H groups in total. The Kier molecular flexibility index (Phi) is 41.6. The van der Waals surface area contributed by atoms with E-state index in [2.05, 4.69) is 66.6 Å². The number of ether oxygens (including phenoxy) is 4. The van der Waals surface area contributed by atoms with Crippen LogP contribution in [-0.4, -0.2) is 97.5 Å². The Morgan fingerprint density at radius 1 is 0.591 bits per heavy atom. The Labute approximate surface area is 402 Å². The standard InChI is InChI=1S/C53H96O12S/c1-3-5-7-9-11-13-15-17-19-21-22-23-24-25-27-29-31-33-35-37-39-41-43-61-45-47(46-62-53-51(57)52(65-66(58,59)60)50(56)48(44-54)64-53)63-49(55)42-40-38-36-34-32-30-28-26-20-18-16-14-12-10-8-6-4-2/h6,8,12,14,18,20,28,30,47-48,50-54,56-57H,3-5,7,9-11,13,15-17,19,21-27,29,31-46H2,1-2H3,(H,58,59,60)/b8-6-,14-12-,20-18-,30-28-. The molecular weight excluding hydrogens is 861 g/mol. The number of unbranched alkanes of at least 4 members (excludes halogenated alkanes) is 25. The van der Waals surface area contributed by atoms with E-state index in [0.717, 1.165) is 70.6 Å². The molecule has 66 heavy (non-hydrogen) atoms. The van der Waals surface area contributed by atoms with E-state index >= 15 is 0 Å². The predicted octanol–water partition coefficient (Wildman–Crippen LogP) is 12.3. The molecule has 1 aliphatic rings. The van der Waals surface area contributed by atoms with Crippen LogP contribution in [0.5, 0.6) is 0 Å². The van der Waals surface area contributed by atoms with Gasteiger partial charge in [-0.1, -0.05) is 210 Å². The lowest BCUT2D eigenvalue weighted by Gasteiger charge is -2.41. The molecule has 0 saturated carbocycles. The topological polar surface area (TPSA) is 178 Å². The highest BCUT2D eigenvalue weighted by molar-refractivity contribution is 7.80. The molecule has 0 radical (unpaired) electrons. The van der Waals surface area contributed by atoms with Crippen molar-refractivity contribution in [3.8, 4) is 0 Å². The molecule has 13 heteroatoms. The fraction of sp³-hybridized carbons (Fsp3) is 0.830. The van der Waals surface area contributed by atoms with E-state index < -0.39 is 59.8 Å². The molecule has 6 atom stereocenters. The van der Waals surface area contributed by atoms with E-state index in [0.29, 0.717) is 13.0 Å². The zero-order valence-electron chi connectivity index (χ0n) is 41.5. The van der Waals surface area contributed by atoms with Crippen LogP contribution in [0, 0.1) is 0 Å². The van der Waals surface area contributed by atoms with Crippen LogP contribution in [0.3, 0.4) is 0 Å². The van der Waals surface area contributed by atoms with Crippen LogP contribution in [0.15, 0.2) is 48.6 Å². The summed E-state index contributed by atoms with van der Waals surface area (Å²) in [5, 5.41) is 30.8. The third kappa shape index (κ3) is 37.0. The Morgan fingerprint density at radius 3 is 1.53 bits per heavy atom. The average molecular weight is 957 g/mol. The smallest absolute Gasteiger partial charge is 0.397 e. The maximum Gasteiger partial charge on any atom is 0.397 e. The summed E-state index contributed by atoms with van der Waals surface area (Å²) in [4.78, 5) is 12.9. The molecule has 1 fully saturated rings. The molecule has 0 aromatic carbocycles. The second-order valence-corrected chi connectivity index (χ2v) is 19.1. The highest BCUT2D eigenvalue weighted by Crippen LogP contribution is 2.26. The van der Waals surface area contributed by atoms with E-state index in [9.17, 15) is 33.1 Å². The predicted molar refractivity (Wildman–Crippen MR) is 266 cm³/mol. The number of carbonyl (C=O) groups is 1. The van der Waals surface area contributed by atoms with Crippen molar-refractivity contribution in [2.45, 2.75) is 256 Å². The molecular formula is C53H96O12S. The molecule has 0 amide bonds. The van der Waals surface area contributed by atoms with Crippen LogP contribution in [-0.2, 0) is 38.3 Å². The van der Waals surface area contributed by atoms with E-state index in [1.165, 1.54) is 122 Å². The number of hydrogen-bond acceptors (Lipinski definition) is 11. The van der Waals surface area contributed by atoms with Gasteiger partial charge in [0.25, 0.3) is 0 Å². The second-order valence-electron chi connectivity index (χ2n) is 18.1. The van der Waals surface area contributed by atoms with Crippen molar-refractivity contribution in [2.24, 2.45) is 0 Å². The lowest BCUT2D eigenvalue weighted by molar-refractivity contribution is -0.301. The van der Waals surface area contributed by atoms with Crippen LogP contribution in [0.4, 0.5) is 0 Å². The van der Waals surface area contributed by atoms with Gasteiger partial charge in [-0.3, -0.25) is 9.35 Å². The van der Waals surface area contributed by atoms with Crippen LogP contribution in [0.2, 0.25) is 0 Å². The second kappa shape index (κ2) is 44.3. The Morgan fingerprint density at radius 2 is 1.05 bits per heavy atom. The first-order valence-electron chi connectivity index (χ1n) is 26.4. The molecule has 12 nitrogen and oxygen atoms in total. The molecule has 0 aromatic rings. The van der Waals surface area contributed by atoms with E-state index in [1.54, 1.807) is 0 Å². The summed E-state index contributed by atoms with van der Waals surface area (Å²) >= 11 is 0. The maximum absolute atomic E-state index is 12.9. The van der Waals surface area contributed by atoms with Gasteiger partial charge in [-0.25, -0.2) is 4.18 Å². The van der Waals surface area contributed by atoms with Gasteiger partial charge in [-0.2, -0.15) is 8.42 Å².